The lowest BCUT2D eigenvalue weighted by Crippen LogP contribution is -1.98. The van der Waals surface area contributed by atoms with Crippen LogP contribution in [0.2, 0.25) is 0 Å². The summed E-state index contributed by atoms with van der Waals surface area (Å²) in [6.45, 7) is 5.88. The predicted molar refractivity (Wildman–Crippen MR) is 41.0 cm³/mol. The van der Waals surface area contributed by atoms with Gasteiger partial charge in [0.05, 0.1) is 6.54 Å². The molecule has 52 valence electrons. The smallest absolute Gasteiger partial charge is 0.246 e. The van der Waals surface area contributed by atoms with Crippen LogP contribution in [0.4, 0.5) is 0 Å². The Bertz CT molecular complexity index is 122. The number of aliphatic imine (C=N–C) groups is 1. The van der Waals surface area contributed by atoms with Crippen molar-refractivity contribution in [1.82, 2.24) is 0 Å². The molecule has 3 heteroatoms. The summed E-state index contributed by atoms with van der Waals surface area (Å²) < 4.78 is 5.18. The van der Waals surface area contributed by atoms with Crippen LogP contribution >= 0.6 is 11.8 Å². The van der Waals surface area contributed by atoms with Gasteiger partial charge in [0.2, 0.25) is 5.23 Å². The first-order valence-electron chi connectivity index (χ1n) is 3.13. The molecule has 0 aromatic rings. The van der Waals surface area contributed by atoms with Gasteiger partial charge in [-0.25, -0.2) is 4.99 Å². The second-order valence-electron chi connectivity index (χ2n) is 2.16. The zero-order valence-electron chi connectivity index (χ0n) is 5.76. The summed E-state index contributed by atoms with van der Waals surface area (Å²) in [6, 6.07) is 0. The SMILES string of the molecule is CC(C)SC1=NCCO1. The van der Waals surface area contributed by atoms with Gasteiger partial charge < -0.3 is 4.74 Å². The third-order valence-corrected chi connectivity index (χ3v) is 1.81. The Hall–Kier alpha value is -0.180. The molecule has 0 atom stereocenters. The quantitative estimate of drug-likeness (QED) is 0.558. The predicted octanol–water partition coefficient (Wildman–Crippen LogP) is 1.51. The number of hydrogen-bond donors (Lipinski definition) is 0. The maximum Gasteiger partial charge on any atom is 0.246 e. The van der Waals surface area contributed by atoms with E-state index in [9.17, 15) is 0 Å². The highest BCUT2D eigenvalue weighted by atomic mass is 32.2. The summed E-state index contributed by atoms with van der Waals surface area (Å²) in [6.07, 6.45) is 0. The molecule has 0 aromatic heterocycles. The Labute approximate surface area is 59.7 Å². The van der Waals surface area contributed by atoms with E-state index in [4.69, 9.17) is 4.74 Å². The van der Waals surface area contributed by atoms with Crippen molar-refractivity contribution in [2.24, 2.45) is 4.99 Å². The van der Waals surface area contributed by atoms with Crippen LogP contribution in [0.25, 0.3) is 0 Å². The third-order valence-electron chi connectivity index (χ3n) is 0.894. The van der Waals surface area contributed by atoms with Gasteiger partial charge in [-0.05, 0) is 0 Å². The van der Waals surface area contributed by atoms with Crippen LogP contribution in [0, 0.1) is 0 Å². The normalized spacial score (nSPS) is 17.9. The fourth-order valence-electron chi connectivity index (χ4n) is 0.588. The van der Waals surface area contributed by atoms with Crippen molar-refractivity contribution in [3.05, 3.63) is 0 Å². The molecule has 0 N–H and O–H groups in total. The van der Waals surface area contributed by atoms with Crippen LogP contribution in [0.3, 0.4) is 0 Å². The van der Waals surface area contributed by atoms with Crippen molar-refractivity contribution >= 4 is 17.0 Å². The monoisotopic (exact) mass is 145 g/mol. The van der Waals surface area contributed by atoms with E-state index in [2.05, 4.69) is 18.8 Å². The van der Waals surface area contributed by atoms with Gasteiger partial charge in [0.25, 0.3) is 0 Å². The Morgan fingerprint density at radius 3 is 2.89 bits per heavy atom. The first-order valence-corrected chi connectivity index (χ1v) is 4.01. The number of nitrogens with zero attached hydrogens (tertiary/aromatic N) is 1. The standard InChI is InChI=1S/C6H11NOS/c1-5(2)9-6-7-3-4-8-6/h5H,3-4H2,1-2H3. The van der Waals surface area contributed by atoms with Crippen LogP contribution in [-0.4, -0.2) is 23.6 Å². The van der Waals surface area contributed by atoms with Crippen LogP contribution in [0.15, 0.2) is 4.99 Å². The number of rotatable bonds is 1. The van der Waals surface area contributed by atoms with Crippen molar-refractivity contribution in [3.63, 3.8) is 0 Å². The maximum atomic E-state index is 5.18. The van der Waals surface area contributed by atoms with E-state index >= 15 is 0 Å². The van der Waals surface area contributed by atoms with Crippen LogP contribution in [0.5, 0.6) is 0 Å². The Morgan fingerprint density at radius 1 is 1.67 bits per heavy atom. The van der Waals surface area contributed by atoms with Crippen molar-refractivity contribution in [1.29, 1.82) is 0 Å². The second kappa shape index (κ2) is 3.11. The molecule has 1 aliphatic heterocycles. The minimum absolute atomic E-state index is 0.585. The molecule has 0 aliphatic carbocycles. The molecule has 0 aromatic carbocycles. The van der Waals surface area contributed by atoms with Gasteiger partial charge in [0.1, 0.15) is 6.61 Å². The molecule has 1 heterocycles. The van der Waals surface area contributed by atoms with Gasteiger partial charge in [-0.1, -0.05) is 25.6 Å². The van der Waals surface area contributed by atoms with Crippen molar-refractivity contribution in [2.45, 2.75) is 19.1 Å². The van der Waals surface area contributed by atoms with Gasteiger partial charge >= 0.3 is 0 Å². The topological polar surface area (TPSA) is 21.6 Å². The summed E-state index contributed by atoms with van der Waals surface area (Å²) in [4.78, 5) is 4.13. The number of ether oxygens (including phenoxy) is 1. The Morgan fingerprint density at radius 2 is 2.44 bits per heavy atom. The van der Waals surface area contributed by atoms with Gasteiger partial charge in [0, 0.05) is 5.25 Å². The summed E-state index contributed by atoms with van der Waals surface area (Å²) >= 11 is 1.69. The highest BCUT2D eigenvalue weighted by molar-refractivity contribution is 8.14. The van der Waals surface area contributed by atoms with Gasteiger partial charge in [0.15, 0.2) is 0 Å². The molecule has 1 rings (SSSR count). The van der Waals surface area contributed by atoms with Crippen LogP contribution in [-0.2, 0) is 4.74 Å². The molecule has 9 heavy (non-hydrogen) atoms. The van der Waals surface area contributed by atoms with Gasteiger partial charge in [-0.3, -0.25) is 0 Å². The number of hydrogen-bond acceptors (Lipinski definition) is 3. The molecule has 0 spiro atoms. The fraction of sp³-hybridized carbons (Fsp3) is 0.833. The molecular formula is C6H11NOS. The number of thioether (sulfide) groups is 1. The molecule has 0 radical (unpaired) electrons. The molecule has 0 unspecified atom stereocenters. The van der Waals surface area contributed by atoms with E-state index in [1.54, 1.807) is 11.8 Å². The van der Waals surface area contributed by atoms with Crippen molar-refractivity contribution in [2.75, 3.05) is 13.2 Å². The van der Waals surface area contributed by atoms with Crippen molar-refractivity contribution in [3.8, 4) is 0 Å². The lowest BCUT2D eigenvalue weighted by atomic mass is 10.6. The molecule has 0 fully saturated rings. The van der Waals surface area contributed by atoms with Crippen molar-refractivity contribution < 1.29 is 4.74 Å². The second-order valence-corrected chi connectivity index (χ2v) is 3.69. The lowest BCUT2D eigenvalue weighted by Gasteiger charge is -2.01. The van der Waals surface area contributed by atoms with E-state index in [1.807, 2.05) is 0 Å². The van der Waals surface area contributed by atoms with E-state index in [0.717, 1.165) is 18.4 Å². The first-order chi connectivity index (χ1) is 4.29. The average molecular weight is 145 g/mol. The fourth-order valence-corrected chi connectivity index (χ4v) is 1.31. The molecule has 1 aliphatic rings. The molecule has 0 saturated heterocycles. The van der Waals surface area contributed by atoms with E-state index in [1.165, 1.54) is 0 Å². The molecular weight excluding hydrogens is 134 g/mol. The van der Waals surface area contributed by atoms with Gasteiger partial charge in [-0.2, -0.15) is 0 Å². The van der Waals surface area contributed by atoms with E-state index in [0.29, 0.717) is 5.25 Å². The molecule has 2 nitrogen and oxygen atoms in total. The highest BCUT2D eigenvalue weighted by Gasteiger charge is 2.08. The summed E-state index contributed by atoms with van der Waals surface area (Å²) in [7, 11) is 0. The Balaban J connectivity index is 2.26. The maximum absolute atomic E-state index is 5.18. The minimum Gasteiger partial charge on any atom is -0.471 e. The highest BCUT2D eigenvalue weighted by Crippen LogP contribution is 2.15. The molecule has 0 amide bonds. The largest absolute Gasteiger partial charge is 0.471 e. The van der Waals surface area contributed by atoms with E-state index < -0.39 is 0 Å². The molecule has 0 saturated carbocycles. The average Bonchev–Trinajstić information content (AvgIpc) is 2.15. The Kier molecular flexibility index (Phi) is 2.39. The summed E-state index contributed by atoms with van der Waals surface area (Å²) in [5.74, 6) is 0. The van der Waals surface area contributed by atoms with E-state index in [-0.39, 0.29) is 0 Å². The summed E-state index contributed by atoms with van der Waals surface area (Å²) in [5.41, 5.74) is 0. The lowest BCUT2D eigenvalue weighted by molar-refractivity contribution is 0.356. The summed E-state index contributed by atoms with van der Waals surface area (Å²) in [5, 5.41) is 1.45. The zero-order valence-corrected chi connectivity index (χ0v) is 6.57. The zero-order chi connectivity index (χ0) is 6.69. The molecule has 0 bridgehead atoms. The van der Waals surface area contributed by atoms with Crippen LogP contribution in [0.1, 0.15) is 13.8 Å². The third kappa shape index (κ3) is 2.26. The van der Waals surface area contributed by atoms with Crippen LogP contribution < -0.4 is 0 Å². The van der Waals surface area contributed by atoms with Gasteiger partial charge in [-0.15, -0.1) is 0 Å². The first kappa shape index (κ1) is 6.93. The minimum atomic E-state index is 0.585.